The highest BCUT2D eigenvalue weighted by molar-refractivity contribution is 6.09. The number of hydrogen-bond acceptors (Lipinski definition) is 3. The van der Waals surface area contributed by atoms with Crippen LogP contribution in [0.1, 0.15) is 0 Å². The molecule has 9 aromatic rings. The zero-order valence-corrected chi connectivity index (χ0v) is 21.9. The average molecular weight is 527 g/mol. The predicted molar refractivity (Wildman–Crippen MR) is 165 cm³/mol. The molecule has 0 bridgehead atoms. The monoisotopic (exact) mass is 526 g/mol. The van der Waals surface area contributed by atoms with E-state index in [9.17, 15) is 0 Å². The maximum atomic E-state index is 5.09. The minimum Gasteiger partial charge on any atom is -0.307 e. The summed E-state index contributed by atoms with van der Waals surface area (Å²) in [6, 6.07) is 42.0. The Bertz CT molecular complexity index is 2390. The van der Waals surface area contributed by atoms with Crippen molar-refractivity contribution in [3.05, 3.63) is 134 Å². The molecular formula is C35H22N6. The van der Waals surface area contributed by atoms with Gasteiger partial charge in [0.05, 0.1) is 44.5 Å². The summed E-state index contributed by atoms with van der Waals surface area (Å²) >= 11 is 0. The predicted octanol–water partition coefficient (Wildman–Crippen LogP) is 7.99. The Labute approximate surface area is 234 Å². The lowest BCUT2D eigenvalue weighted by molar-refractivity contribution is 1.07. The fourth-order valence-electron chi connectivity index (χ4n) is 6.29. The van der Waals surface area contributed by atoms with Crippen LogP contribution < -0.4 is 0 Å². The van der Waals surface area contributed by atoms with Gasteiger partial charge in [0.25, 0.3) is 0 Å². The van der Waals surface area contributed by atoms with Gasteiger partial charge in [-0.05, 0) is 60.7 Å². The molecule has 41 heavy (non-hydrogen) atoms. The highest BCUT2D eigenvalue weighted by atomic mass is 15.2. The van der Waals surface area contributed by atoms with Crippen LogP contribution in [0.2, 0.25) is 0 Å². The first-order valence-corrected chi connectivity index (χ1v) is 13.6. The van der Waals surface area contributed by atoms with Crippen LogP contribution >= 0.6 is 0 Å². The van der Waals surface area contributed by atoms with E-state index in [0.717, 1.165) is 61.6 Å². The molecule has 0 radical (unpaired) electrons. The van der Waals surface area contributed by atoms with Gasteiger partial charge in [-0.3, -0.25) is 18.9 Å². The molecule has 192 valence electrons. The van der Waals surface area contributed by atoms with Gasteiger partial charge >= 0.3 is 0 Å². The van der Waals surface area contributed by atoms with Crippen LogP contribution in [0.15, 0.2) is 134 Å². The number of hydrogen-bond donors (Lipinski definition) is 0. The lowest BCUT2D eigenvalue weighted by Crippen LogP contribution is -2.04. The summed E-state index contributed by atoms with van der Waals surface area (Å²) in [5.41, 5.74) is 9.95. The topological polar surface area (TPSA) is 52.9 Å². The Morgan fingerprint density at radius 2 is 0.927 bits per heavy atom. The third kappa shape index (κ3) is 3.04. The van der Waals surface area contributed by atoms with Gasteiger partial charge in [-0.15, -0.1) is 0 Å². The van der Waals surface area contributed by atoms with Crippen LogP contribution in [0.25, 0.3) is 72.4 Å². The molecule has 6 heteroatoms. The number of para-hydroxylation sites is 6. The summed E-state index contributed by atoms with van der Waals surface area (Å²) in [5, 5.41) is 2.42. The molecule has 0 atom stereocenters. The molecule has 4 aromatic carbocycles. The van der Waals surface area contributed by atoms with E-state index in [1.165, 1.54) is 10.8 Å². The molecule has 6 nitrogen and oxygen atoms in total. The largest absolute Gasteiger partial charge is 0.307 e. The Hall–Kier alpha value is -5.75. The third-order valence-corrected chi connectivity index (χ3v) is 7.97. The van der Waals surface area contributed by atoms with Crippen LogP contribution in [-0.4, -0.2) is 28.5 Å². The summed E-state index contributed by atoms with van der Waals surface area (Å²) in [5.74, 6) is 0.844. The second-order valence-electron chi connectivity index (χ2n) is 10.2. The fraction of sp³-hybridized carbons (Fsp3) is 0. The molecule has 0 saturated carbocycles. The van der Waals surface area contributed by atoms with Crippen molar-refractivity contribution in [2.75, 3.05) is 0 Å². The van der Waals surface area contributed by atoms with E-state index in [0.29, 0.717) is 0 Å². The van der Waals surface area contributed by atoms with Gasteiger partial charge in [0.1, 0.15) is 11.4 Å². The van der Waals surface area contributed by atoms with Crippen molar-refractivity contribution in [1.82, 2.24) is 28.5 Å². The lowest BCUT2D eigenvalue weighted by Gasteiger charge is -2.15. The SMILES string of the molecule is c1cnc(-c2ncccc2-n2c3ccccc3n3c4ccccc4nc23)c(-n2c3ccccc3c3ccccc32)c1. The fourth-order valence-corrected chi connectivity index (χ4v) is 6.29. The number of imidazole rings is 2. The van der Waals surface area contributed by atoms with Gasteiger partial charge < -0.3 is 4.57 Å². The van der Waals surface area contributed by atoms with Crippen LogP contribution in [0.3, 0.4) is 0 Å². The summed E-state index contributed by atoms with van der Waals surface area (Å²) in [4.78, 5) is 15.0. The van der Waals surface area contributed by atoms with Crippen molar-refractivity contribution in [2.24, 2.45) is 0 Å². The molecule has 0 saturated heterocycles. The molecule has 0 aliphatic rings. The molecule has 0 spiro atoms. The van der Waals surface area contributed by atoms with Crippen LogP contribution in [0.5, 0.6) is 0 Å². The van der Waals surface area contributed by atoms with Crippen LogP contribution in [0.4, 0.5) is 0 Å². The smallest absolute Gasteiger partial charge is 0.220 e. The average Bonchev–Trinajstić information content (AvgIpc) is 3.68. The van der Waals surface area contributed by atoms with E-state index in [4.69, 9.17) is 15.0 Å². The molecule has 0 aliphatic heterocycles. The van der Waals surface area contributed by atoms with Crippen molar-refractivity contribution in [3.8, 4) is 22.8 Å². The summed E-state index contributed by atoms with van der Waals surface area (Å²) in [6.07, 6.45) is 3.69. The van der Waals surface area contributed by atoms with E-state index >= 15 is 0 Å². The van der Waals surface area contributed by atoms with Gasteiger partial charge in [-0.2, -0.15) is 0 Å². The Morgan fingerprint density at radius 3 is 1.59 bits per heavy atom. The highest BCUT2D eigenvalue weighted by Gasteiger charge is 2.23. The quantitative estimate of drug-likeness (QED) is 0.234. The van der Waals surface area contributed by atoms with Gasteiger partial charge in [-0.1, -0.05) is 60.7 Å². The van der Waals surface area contributed by atoms with E-state index in [1.807, 2.05) is 30.6 Å². The number of fused-ring (bicyclic) bond motifs is 8. The molecule has 0 fully saturated rings. The standard InChI is InChI=1S/C35H22N6/c1-4-14-26-23(11-1)24-12-2-5-15-27(24)39(26)31-19-9-21-36-33(31)34-32(20-10-22-37-34)41-30-18-8-7-17-29(30)40-28-16-6-3-13-25(28)38-35(40)41/h1-22H. The van der Waals surface area contributed by atoms with E-state index in [1.54, 1.807) is 0 Å². The highest BCUT2D eigenvalue weighted by Crippen LogP contribution is 2.37. The lowest BCUT2D eigenvalue weighted by atomic mass is 10.1. The molecule has 9 rings (SSSR count). The maximum absolute atomic E-state index is 5.09. The third-order valence-electron chi connectivity index (χ3n) is 7.97. The number of benzene rings is 4. The normalized spacial score (nSPS) is 11.9. The molecule has 5 heterocycles. The first-order valence-electron chi connectivity index (χ1n) is 13.6. The van der Waals surface area contributed by atoms with E-state index in [2.05, 4.69) is 117 Å². The number of nitrogens with zero attached hydrogens (tertiary/aromatic N) is 6. The van der Waals surface area contributed by atoms with Crippen molar-refractivity contribution in [1.29, 1.82) is 0 Å². The zero-order valence-electron chi connectivity index (χ0n) is 21.9. The number of pyridine rings is 2. The van der Waals surface area contributed by atoms with E-state index < -0.39 is 0 Å². The van der Waals surface area contributed by atoms with Gasteiger partial charge in [0.15, 0.2) is 0 Å². The summed E-state index contributed by atoms with van der Waals surface area (Å²) < 4.78 is 6.74. The first-order chi connectivity index (χ1) is 20.4. The Balaban J connectivity index is 1.38. The van der Waals surface area contributed by atoms with E-state index in [-0.39, 0.29) is 0 Å². The second kappa shape index (κ2) is 8.37. The van der Waals surface area contributed by atoms with Crippen LogP contribution in [-0.2, 0) is 0 Å². The minimum atomic E-state index is 0.792. The first kappa shape index (κ1) is 22.1. The van der Waals surface area contributed by atoms with Crippen molar-refractivity contribution < 1.29 is 0 Å². The van der Waals surface area contributed by atoms with Gasteiger partial charge in [0, 0.05) is 23.2 Å². The zero-order chi connectivity index (χ0) is 26.9. The molecule has 0 unspecified atom stereocenters. The number of aromatic nitrogens is 6. The summed E-state index contributed by atoms with van der Waals surface area (Å²) in [7, 11) is 0. The molecule has 0 amide bonds. The maximum Gasteiger partial charge on any atom is 0.220 e. The van der Waals surface area contributed by atoms with Crippen molar-refractivity contribution in [2.45, 2.75) is 0 Å². The molecule has 5 aromatic heterocycles. The molecular weight excluding hydrogens is 504 g/mol. The Kier molecular flexibility index (Phi) is 4.51. The van der Waals surface area contributed by atoms with Crippen LogP contribution in [0, 0.1) is 0 Å². The Morgan fingerprint density at radius 1 is 0.415 bits per heavy atom. The van der Waals surface area contributed by atoms with Crippen molar-refractivity contribution in [3.63, 3.8) is 0 Å². The molecule has 0 N–H and O–H groups in total. The molecule has 0 aliphatic carbocycles. The summed E-state index contributed by atoms with van der Waals surface area (Å²) in [6.45, 7) is 0. The van der Waals surface area contributed by atoms with Crippen molar-refractivity contribution >= 4 is 49.7 Å². The van der Waals surface area contributed by atoms with Gasteiger partial charge in [-0.25, -0.2) is 4.98 Å². The van der Waals surface area contributed by atoms with Gasteiger partial charge in [0.2, 0.25) is 5.78 Å². The second-order valence-corrected chi connectivity index (χ2v) is 10.2. The minimum absolute atomic E-state index is 0.792. The number of rotatable bonds is 3.